The lowest BCUT2D eigenvalue weighted by Gasteiger charge is -2.43. The molecule has 9 nitrogen and oxygen atoms in total. The first-order valence-electron chi connectivity index (χ1n) is 11.2. The Hall–Kier alpha value is -3.69. The molecule has 1 aliphatic carbocycles. The van der Waals surface area contributed by atoms with Crippen LogP contribution in [0.3, 0.4) is 0 Å². The number of likely N-dealkylation sites (tertiary alicyclic amines) is 1. The number of esters is 1. The van der Waals surface area contributed by atoms with Crippen molar-refractivity contribution in [2.75, 3.05) is 20.1 Å². The number of carbonyl (C=O) groups is 2. The van der Waals surface area contributed by atoms with Crippen molar-refractivity contribution in [2.24, 2.45) is 5.73 Å². The fourth-order valence-electron chi connectivity index (χ4n) is 5.28. The van der Waals surface area contributed by atoms with Crippen LogP contribution in [0, 0.1) is 0 Å². The van der Waals surface area contributed by atoms with Gasteiger partial charge in [-0.15, -0.1) is 0 Å². The van der Waals surface area contributed by atoms with E-state index in [0.717, 1.165) is 11.1 Å². The quantitative estimate of drug-likeness (QED) is 0.436. The largest absolute Gasteiger partial charge is 0.459 e. The van der Waals surface area contributed by atoms with Gasteiger partial charge in [0.05, 0.1) is 20.1 Å². The normalized spacial score (nSPS) is 23.4. The van der Waals surface area contributed by atoms with Gasteiger partial charge in [-0.2, -0.15) is 0 Å². The predicted octanol–water partition coefficient (Wildman–Crippen LogP) is 1.47. The number of benzene rings is 2. The van der Waals surface area contributed by atoms with Crippen molar-refractivity contribution in [3.63, 3.8) is 0 Å². The average Bonchev–Trinajstić information content (AvgIpc) is 3.11. The summed E-state index contributed by atoms with van der Waals surface area (Å²) in [5.41, 5.74) is 6.57. The minimum absolute atomic E-state index is 0.309. The third kappa shape index (κ3) is 3.44. The second-order valence-electron chi connectivity index (χ2n) is 9.13. The van der Waals surface area contributed by atoms with E-state index < -0.39 is 29.6 Å². The number of piperidine rings is 1. The lowest BCUT2D eigenvalue weighted by molar-refractivity contribution is -0.936. The maximum absolute atomic E-state index is 13.4. The number of quaternary nitrogens is 1. The molecule has 5 rings (SSSR count). The van der Waals surface area contributed by atoms with Crippen LogP contribution >= 0.6 is 0 Å². The Bertz CT molecular complexity index is 1200. The molecule has 174 valence electrons. The molecule has 1 amide bonds. The Kier molecular flexibility index (Phi) is 5.38. The highest BCUT2D eigenvalue weighted by Gasteiger charge is 2.51. The van der Waals surface area contributed by atoms with Gasteiger partial charge >= 0.3 is 5.97 Å². The maximum atomic E-state index is 13.4. The van der Waals surface area contributed by atoms with Crippen LogP contribution in [0.1, 0.15) is 35.8 Å². The number of carbonyl (C=O) groups excluding carboxylic acids is 2. The third-order valence-electron chi connectivity index (χ3n) is 7.07. The number of primary amides is 1. The zero-order valence-electron chi connectivity index (χ0n) is 18.8. The van der Waals surface area contributed by atoms with E-state index in [-0.39, 0.29) is 0 Å². The summed E-state index contributed by atoms with van der Waals surface area (Å²) in [4.78, 5) is 37.8. The highest BCUT2D eigenvalue weighted by Crippen LogP contribution is 2.48. The summed E-state index contributed by atoms with van der Waals surface area (Å²) in [5.74, 6) is -0.874. The molecule has 1 saturated heterocycles. The minimum atomic E-state index is -1.86. The van der Waals surface area contributed by atoms with Crippen LogP contribution in [0.5, 0.6) is 0 Å². The van der Waals surface area contributed by atoms with Crippen molar-refractivity contribution in [3.05, 3.63) is 78.1 Å². The van der Waals surface area contributed by atoms with Crippen LogP contribution in [0.25, 0.3) is 11.1 Å². The lowest BCUT2D eigenvalue weighted by Crippen LogP contribution is -2.57. The molecular formula is C25H26N5O4+. The number of amides is 1. The first kappa shape index (κ1) is 22.1. The van der Waals surface area contributed by atoms with E-state index in [1.807, 2.05) is 31.3 Å². The molecule has 2 aromatic carbocycles. The minimum Gasteiger partial charge on any atom is -0.459 e. The van der Waals surface area contributed by atoms with Crippen molar-refractivity contribution in [2.45, 2.75) is 30.6 Å². The molecule has 1 aromatic heterocycles. The van der Waals surface area contributed by atoms with E-state index in [0.29, 0.717) is 47.4 Å². The smallest absolute Gasteiger partial charge is 0.348 e. The van der Waals surface area contributed by atoms with E-state index in [4.69, 9.17) is 10.5 Å². The van der Waals surface area contributed by atoms with Crippen LogP contribution in [0.2, 0.25) is 0 Å². The van der Waals surface area contributed by atoms with Crippen LogP contribution in [-0.4, -0.2) is 62.7 Å². The molecule has 3 N–H and O–H groups in total. The van der Waals surface area contributed by atoms with Gasteiger partial charge in [0.2, 0.25) is 11.6 Å². The number of hydrogen-bond acceptors (Lipinski definition) is 7. The SMILES string of the molecule is C[N+]1(C(C(N)=O)c2ncncn2)CCC(OC(=O)C2(O)c3ccccc3-c3ccccc32)CC1. The van der Waals surface area contributed by atoms with Crippen LogP contribution in [-0.2, 0) is 19.9 Å². The summed E-state index contributed by atoms with van der Waals surface area (Å²) in [6.45, 7) is 1.06. The summed E-state index contributed by atoms with van der Waals surface area (Å²) in [7, 11) is 1.92. The van der Waals surface area contributed by atoms with Gasteiger partial charge in [0, 0.05) is 24.0 Å². The number of aliphatic hydroxyl groups is 1. The van der Waals surface area contributed by atoms with Crippen molar-refractivity contribution in [3.8, 4) is 11.1 Å². The number of hydrogen-bond donors (Lipinski definition) is 2. The molecule has 1 fully saturated rings. The second-order valence-corrected chi connectivity index (χ2v) is 9.13. The van der Waals surface area contributed by atoms with Crippen LogP contribution in [0.15, 0.2) is 61.2 Å². The van der Waals surface area contributed by atoms with Crippen molar-refractivity contribution < 1.29 is 23.9 Å². The van der Waals surface area contributed by atoms with Gasteiger partial charge in [0.15, 0.2) is 5.82 Å². The third-order valence-corrected chi connectivity index (χ3v) is 7.07. The number of ether oxygens (including phenoxy) is 1. The molecule has 2 aliphatic rings. The second kappa shape index (κ2) is 8.27. The Morgan fingerprint density at radius 2 is 1.56 bits per heavy atom. The molecule has 0 radical (unpaired) electrons. The number of aromatic nitrogens is 3. The molecule has 3 aromatic rings. The summed E-state index contributed by atoms with van der Waals surface area (Å²) >= 11 is 0. The van der Waals surface area contributed by atoms with E-state index in [2.05, 4.69) is 15.0 Å². The number of rotatable bonds is 5. The van der Waals surface area contributed by atoms with E-state index in [9.17, 15) is 14.7 Å². The van der Waals surface area contributed by atoms with E-state index in [1.54, 1.807) is 24.3 Å². The molecule has 0 saturated carbocycles. The zero-order valence-corrected chi connectivity index (χ0v) is 18.8. The topological polar surface area (TPSA) is 128 Å². The first-order chi connectivity index (χ1) is 16.3. The molecule has 1 atom stereocenters. The van der Waals surface area contributed by atoms with E-state index >= 15 is 0 Å². The van der Waals surface area contributed by atoms with Crippen LogP contribution in [0.4, 0.5) is 0 Å². The zero-order chi connectivity index (χ0) is 23.9. The summed E-state index contributed by atoms with van der Waals surface area (Å²) in [6, 6.07) is 14.0. The van der Waals surface area contributed by atoms with Crippen molar-refractivity contribution in [1.29, 1.82) is 0 Å². The summed E-state index contributed by atoms with van der Waals surface area (Å²) < 4.78 is 6.18. The molecule has 9 heteroatoms. The number of fused-ring (bicyclic) bond motifs is 3. The molecule has 1 unspecified atom stereocenters. The molecule has 0 spiro atoms. The Morgan fingerprint density at radius 3 is 2.09 bits per heavy atom. The highest BCUT2D eigenvalue weighted by atomic mass is 16.6. The van der Waals surface area contributed by atoms with Crippen LogP contribution < -0.4 is 5.73 Å². The lowest BCUT2D eigenvalue weighted by atomic mass is 9.91. The van der Waals surface area contributed by atoms with Gasteiger partial charge in [-0.25, -0.2) is 19.7 Å². The maximum Gasteiger partial charge on any atom is 0.348 e. The van der Waals surface area contributed by atoms with Gasteiger partial charge in [0.1, 0.15) is 18.8 Å². The molecule has 0 bridgehead atoms. The predicted molar refractivity (Wildman–Crippen MR) is 122 cm³/mol. The molecule has 1 aliphatic heterocycles. The van der Waals surface area contributed by atoms with Gasteiger partial charge in [-0.05, 0) is 11.1 Å². The standard InChI is InChI=1S/C25H25N5O4/c1-30(21(22(26)31)23-28-14-27-15-29-23)12-10-16(11-13-30)34-24(32)25(33)19-8-4-2-6-17(19)18-7-3-5-9-20(18)25/h2-9,14-16,21,33H,10-13H2,1H3,(H-,26,31)/p+1. The van der Waals surface area contributed by atoms with E-state index in [1.165, 1.54) is 12.7 Å². The molecule has 2 heterocycles. The number of likely N-dealkylation sites (N-methyl/N-ethyl adjacent to an activating group) is 1. The fraction of sp³-hybridized carbons (Fsp3) is 0.320. The van der Waals surface area contributed by atoms with Gasteiger partial charge in [-0.1, -0.05) is 48.5 Å². The Morgan fingerprint density at radius 1 is 1.03 bits per heavy atom. The van der Waals surface area contributed by atoms with Gasteiger partial charge < -0.3 is 20.1 Å². The summed E-state index contributed by atoms with van der Waals surface area (Å²) in [5, 5.41) is 11.6. The van der Waals surface area contributed by atoms with Gasteiger partial charge in [0.25, 0.3) is 5.91 Å². The van der Waals surface area contributed by atoms with Crippen molar-refractivity contribution >= 4 is 11.9 Å². The Labute approximate surface area is 196 Å². The monoisotopic (exact) mass is 460 g/mol. The summed E-state index contributed by atoms with van der Waals surface area (Å²) in [6.07, 6.45) is 3.32. The number of nitrogens with two attached hydrogens (primary N) is 1. The fourth-order valence-corrected chi connectivity index (χ4v) is 5.28. The molecular weight excluding hydrogens is 434 g/mol. The molecule has 34 heavy (non-hydrogen) atoms. The van der Waals surface area contributed by atoms with Gasteiger partial charge in [-0.3, -0.25) is 4.79 Å². The van der Waals surface area contributed by atoms with Crippen molar-refractivity contribution in [1.82, 2.24) is 15.0 Å². The average molecular weight is 461 g/mol. The Balaban J connectivity index is 1.35. The highest BCUT2D eigenvalue weighted by molar-refractivity contribution is 5.96. The number of nitrogens with zero attached hydrogens (tertiary/aromatic N) is 4. The first-order valence-corrected chi connectivity index (χ1v) is 11.2.